The smallest absolute Gasteiger partial charge is 0.144 e. The van der Waals surface area contributed by atoms with Crippen LogP contribution in [0.25, 0.3) is 0 Å². The molecule has 3 unspecified atom stereocenters. The fraction of sp³-hybridized carbons (Fsp3) is 0.462. The zero-order valence-corrected chi connectivity index (χ0v) is 15.9. The highest BCUT2D eigenvalue weighted by atomic mass is 32.2. The molecule has 0 spiro atoms. The van der Waals surface area contributed by atoms with Crippen LogP contribution in [-0.2, 0) is 21.6 Å². The Morgan fingerprint density at radius 1 is 1.23 bits per heavy atom. The fourth-order valence-corrected chi connectivity index (χ4v) is 4.80. The van der Waals surface area contributed by atoms with Crippen molar-refractivity contribution in [1.82, 2.24) is 0 Å². The lowest BCUT2D eigenvalue weighted by atomic mass is 10.1. The van der Waals surface area contributed by atoms with E-state index in [1.807, 2.05) is 6.26 Å². The van der Waals surface area contributed by atoms with E-state index in [2.05, 4.69) is 0 Å². The topological polar surface area (TPSA) is 57.9 Å². The van der Waals surface area contributed by atoms with Gasteiger partial charge in [-0.2, -0.15) is 17.0 Å². The maximum absolute atomic E-state index is 13.3. The number of rotatable bonds is 5. The molecule has 1 aromatic carbocycles. The van der Waals surface area contributed by atoms with Gasteiger partial charge in [-0.3, -0.25) is 8.42 Å². The minimum absolute atomic E-state index is 0.294. The van der Waals surface area contributed by atoms with Crippen molar-refractivity contribution in [1.29, 1.82) is 5.26 Å². The summed E-state index contributed by atoms with van der Waals surface area (Å²) in [5, 5.41) is 9.26. The molecule has 0 saturated heterocycles. The van der Waals surface area contributed by atoms with Crippen LogP contribution < -0.4 is 0 Å². The van der Waals surface area contributed by atoms with Crippen molar-refractivity contribution in [3.63, 3.8) is 0 Å². The van der Waals surface area contributed by atoms with E-state index in [9.17, 15) is 17.2 Å². The summed E-state index contributed by atoms with van der Waals surface area (Å²) < 4.78 is 47.6. The average molecular weight is 386 g/mol. The zero-order valence-electron chi connectivity index (χ0n) is 12.6. The predicted octanol–water partition coefficient (Wildman–Crippen LogP) is 3.26. The van der Waals surface area contributed by atoms with Gasteiger partial charge < -0.3 is 0 Å². The Hall–Kier alpha value is -0.430. The van der Waals surface area contributed by atoms with Gasteiger partial charge in [-0.1, -0.05) is 0 Å². The summed E-state index contributed by atoms with van der Waals surface area (Å²) >= 11 is 2.86. The lowest BCUT2D eigenvalue weighted by Gasteiger charge is -2.12. The molecule has 3 atom stereocenters. The van der Waals surface area contributed by atoms with Crippen LogP contribution in [0.2, 0.25) is 0 Å². The van der Waals surface area contributed by atoms with Crippen LogP contribution in [0.4, 0.5) is 8.78 Å². The first kappa shape index (κ1) is 21.6. The molecule has 0 aliphatic rings. The molecule has 22 heavy (non-hydrogen) atoms. The van der Waals surface area contributed by atoms with Gasteiger partial charge in [0.25, 0.3) is 0 Å². The second-order valence-electron chi connectivity index (χ2n) is 4.02. The van der Waals surface area contributed by atoms with Gasteiger partial charge in [0.2, 0.25) is 0 Å². The van der Waals surface area contributed by atoms with E-state index in [1.54, 1.807) is 24.3 Å². The fourth-order valence-electron chi connectivity index (χ4n) is 1.46. The summed E-state index contributed by atoms with van der Waals surface area (Å²) in [6.45, 7) is 0. The normalized spacial score (nSPS) is 14.2. The van der Waals surface area contributed by atoms with Crippen LogP contribution in [0.1, 0.15) is 15.7 Å². The third-order valence-electron chi connectivity index (χ3n) is 2.25. The summed E-state index contributed by atoms with van der Waals surface area (Å²) in [7, 11) is -1.84. The monoisotopic (exact) mass is 385 g/mol. The molecule has 0 radical (unpaired) electrons. The number of nitrogens with zero attached hydrogens (tertiary/aromatic N) is 1. The molecule has 1 rings (SSSR count). The molecule has 0 heterocycles. The minimum Gasteiger partial charge on any atom is -0.259 e. The standard InChI is InChI=1S/C10H9F2NOS2.C3H8OS2/c1-15-10(16(2)14)6-3-8(11)7(5-13)9(12)4-6;1-5-3-6(2)4/h3-4,10H,1-2H3;3H2,1-2H3. The predicted molar refractivity (Wildman–Crippen MR) is 93.8 cm³/mol. The Balaban J connectivity index is 0.000000626. The van der Waals surface area contributed by atoms with E-state index in [4.69, 9.17) is 5.26 Å². The quantitative estimate of drug-likeness (QED) is 0.779. The van der Waals surface area contributed by atoms with Gasteiger partial charge in [0, 0.05) is 34.1 Å². The molecule has 0 fully saturated rings. The van der Waals surface area contributed by atoms with E-state index >= 15 is 0 Å². The molecular weight excluding hydrogens is 368 g/mol. The highest BCUT2D eigenvalue weighted by Gasteiger charge is 2.19. The van der Waals surface area contributed by atoms with Crippen molar-refractivity contribution in [2.24, 2.45) is 0 Å². The summed E-state index contributed by atoms with van der Waals surface area (Å²) in [6, 6.07) is 3.56. The van der Waals surface area contributed by atoms with E-state index in [0.717, 1.165) is 17.2 Å². The van der Waals surface area contributed by atoms with Crippen LogP contribution >= 0.6 is 23.5 Å². The summed E-state index contributed by atoms with van der Waals surface area (Å²) in [5.41, 5.74) is -0.312. The molecule has 0 aliphatic heterocycles. The zero-order chi connectivity index (χ0) is 17.3. The maximum atomic E-state index is 13.3. The Kier molecular flexibility index (Phi) is 10.9. The number of nitriles is 1. The second-order valence-corrected chi connectivity index (χ2v) is 9.39. The van der Waals surface area contributed by atoms with Crippen molar-refractivity contribution in [3.05, 3.63) is 34.9 Å². The van der Waals surface area contributed by atoms with Crippen molar-refractivity contribution < 1.29 is 17.2 Å². The van der Waals surface area contributed by atoms with E-state index in [-0.39, 0.29) is 0 Å². The number of hydrogen-bond donors (Lipinski definition) is 0. The van der Waals surface area contributed by atoms with Crippen molar-refractivity contribution in [2.75, 3.05) is 30.1 Å². The number of thioether (sulfide) groups is 2. The number of hydrogen-bond acceptors (Lipinski definition) is 5. The molecular formula is C13H17F2NO2S4. The van der Waals surface area contributed by atoms with E-state index in [0.29, 0.717) is 5.56 Å². The summed E-state index contributed by atoms with van der Waals surface area (Å²) in [4.78, 5) is 0. The van der Waals surface area contributed by atoms with Gasteiger partial charge in [-0.05, 0) is 30.2 Å². The minimum atomic E-state index is -1.23. The Morgan fingerprint density at radius 2 is 1.73 bits per heavy atom. The molecule has 0 aromatic heterocycles. The van der Waals surface area contributed by atoms with Gasteiger partial charge in [-0.15, -0.1) is 11.8 Å². The molecule has 1 aromatic rings. The highest BCUT2D eigenvalue weighted by molar-refractivity contribution is 8.10. The molecule has 9 heteroatoms. The van der Waals surface area contributed by atoms with Crippen LogP contribution in [0, 0.1) is 23.0 Å². The third kappa shape index (κ3) is 7.22. The van der Waals surface area contributed by atoms with Crippen LogP contribution in [0.5, 0.6) is 0 Å². The van der Waals surface area contributed by atoms with Gasteiger partial charge in [0.05, 0.1) is 5.08 Å². The molecule has 0 saturated carbocycles. The Morgan fingerprint density at radius 3 is 1.95 bits per heavy atom. The Labute approximate surface area is 143 Å². The van der Waals surface area contributed by atoms with Crippen molar-refractivity contribution in [3.8, 4) is 6.07 Å². The molecule has 124 valence electrons. The van der Waals surface area contributed by atoms with Crippen LogP contribution in [0.15, 0.2) is 12.1 Å². The van der Waals surface area contributed by atoms with Gasteiger partial charge in [0.15, 0.2) is 0 Å². The molecule has 0 amide bonds. The van der Waals surface area contributed by atoms with Crippen LogP contribution in [-0.4, -0.2) is 38.5 Å². The third-order valence-corrected chi connectivity index (χ3v) is 7.48. The first-order valence-corrected chi connectivity index (χ1v) is 11.8. The summed E-state index contributed by atoms with van der Waals surface area (Å²) in [5.74, 6) is -1.83. The molecule has 3 nitrogen and oxygen atoms in total. The summed E-state index contributed by atoms with van der Waals surface area (Å²) in [6.07, 6.45) is 6.83. The second kappa shape index (κ2) is 11.2. The number of benzene rings is 1. The highest BCUT2D eigenvalue weighted by Crippen LogP contribution is 2.31. The molecule has 0 bridgehead atoms. The van der Waals surface area contributed by atoms with E-state index in [1.165, 1.54) is 24.1 Å². The van der Waals surface area contributed by atoms with Gasteiger partial charge in [0.1, 0.15) is 27.8 Å². The maximum Gasteiger partial charge on any atom is 0.144 e. The van der Waals surface area contributed by atoms with Gasteiger partial charge in [-0.25, -0.2) is 8.78 Å². The lowest BCUT2D eigenvalue weighted by Crippen LogP contribution is -2.03. The van der Waals surface area contributed by atoms with Crippen LogP contribution in [0.3, 0.4) is 0 Å². The van der Waals surface area contributed by atoms with Gasteiger partial charge >= 0.3 is 0 Å². The Bertz CT molecular complexity index is 567. The van der Waals surface area contributed by atoms with Crippen molar-refractivity contribution >= 4 is 45.1 Å². The number of halogens is 2. The lowest BCUT2D eigenvalue weighted by molar-refractivity contribution is 0.574. The average Bonchev–Trinajstić information content (AvgIpc) is 2.39. The van der Waals surface area contributed by atoms with E-state index < -0.39 is 43.4 Å². The molecule has 0 aliphatic carbocycles. The largest absolute Gasteiger partial charge is 0.259 e. The molecule has 0 N–H and O–H groups in total. The van der Waals surface area contributed by atoms with Crippen molar-refractivity contribution in [2.45, 2.75) is 4.58 Å². The first-order chi connectivity index (χ1) is 10.3. The first-order valence-electron chi connectivity index (χ1n) is 5.81. The SMILES string of the molecule is CSC(c1cc(F)c(C#N)c(F)c1)S(C)=O.CSCS(C)=O.